The van der Waals surface area contributed by atoms with Crippen LogP contribution in [0.4, 0.5) is 0 Å². The Labute approximate surface area is 102 Å². The average Bonchev–Trinajstić information content (AvgIpc) is 2.20. The average molecular weight is 238 g/mol. The van der Waals surface area contributed by atoms with Crippen molar-refractivity contribution in [1.82, 2.24) is 4.90 Å². The number of hydrogen-bond acceptors (Lipinski definition) is 3. The third-order valence-corrected chi connectivity index (χ3v) is 2.78. The van der Waals surface area contributed by atoms with Crippen molar-refractivity contribution < 1.29 is 5.11 Å². The second-order valence-electron chi connectivity index (χ2n) is 4.10. The number of hydrogen-bond donors (Lipinski definition) is 2. The summed E-state index contributed by atoms with van der Waals surface area (Å²) in [5, 5.41) is 9.17. The van der Waals surface area contributed by atoms with Gasteiger partial charge in [-0.15, -0.1) is 0 Å². The summed E-state index contributed by atoms with van der Waals surface area (Å²) in [6.45, 7) is 2.92. The van der Waals surface area contributed by atoms with Crippen LogP contribution in [-0.2, 0) is 6.54 Å². The molecule has 0 radical (unpaired) electrons. The summed E-state index contributed by atoms with van der Waals surface area (Å²) in [4.78, 5) is 2.73. The molecule has 1 rings (SSSR count). The normalized spacial score (nSPS) is 12.7. The minimum absolute atomic E-state index is 0.294. The summed E-state index contributed by atoms with van der Waals surface area (Å²) in [5.41, 5.74) is 6.68. The highest BCUT2D eigenvalue weighted by Crippen LogP contribution is 2.13. The number of phenolic OH excluding ortho intramolecular Hbond substituents is 1. The highest BCUT2D eigenvalue weighted by atomic mass is 32.1. The van der Waals surface area contributed by atoms with Crippen molar-refractivity contribution in [3.8, 4) is 5.75 Å². The lowest BCUT2D eigenvalue weighted by atomic mass is 10.1. The lowest BCUT2D eigenvalue weighted by Crippen LogP contribution is -2.32. The molecule has 0 aliphatic heterocycles. The Morgan fingerprint density at radius 1 is 1.44 bits per heavy atom. The maximum Gasteiger partial charge on any atom is 0.115 e. The molecule has 0 fully saturated rings. The lowest BCUT2D eigenvalue weighted by molar-refractivity contribution is 0.255. The zero-order valence-electron chi connectivity index (χ0n) is 9.68. The number of phenols is 1. The Hall–Kier alpha value is -1.13. The molecule has 0 bridgehead atoms. The van der Waals surface area contributed by atoms with Gasteiger partial charge in [0.1, 0.15) is 5.75 Å². The Balaban J connectivity index is 2.53. The van der Waals surface area contributed by atoms with Gasteiger partial charge in [0.2, 0.25) is 0 Å². The molecule has 4 heteroatoms. The highest BCUT2D eigenvalue weighted by Gasteiger charge is 2.10. The predicted molar refractivity (Wildman–Crippen MR) is 70.4 cm³/mol. The SMILES string of the molecule is CC(CC(N)=S)N(C)Cc1ccc(O)cc1. The first-order chi connectivity index (χ1) is 7.49. The molecule has 0 saturated heterocycles. The van der Waals surface area contributed by atoms with Gasteiger partial charge in [0.05, 0.1) is 4.99 Å². The van der Waals surface area contributed by atoms with E-state index < -0.39 is 0 Å². The number of thiocarbonyl (C=S) groups is 1. The van der Waals surface area contributed by atoms with Crippen molar-refractivity contribution >= 4 is 17.2 Å². The van der Waals surface area contributed by atoms with E-state index >= 15 is 0 Å². The van der Waals surface area contributed by atoms with Gasteiger partial charge in [0.15, 0.2) is 0 Å². The molecule has 1 aromatic rings. The second kappa shape index (κ2) is 5.82. The zero-order chi connectivity index (χ0) is 12.1. The predicted octanol–water partition coefficient (Wildman–Crippen LogP) is 1.89. The fourth-order valence-electron chi connectivity index (χ4n) is 1.49. The Morgan fingerprint density at radius 2 is 2.00 bits per heavy atom. The smallest absolute Gasteiger partial charge is 0.115 e. The summed E-state index contributed by atoms with van der Waals surface area (Å²) in [6.07, 6.45) is 0.726. The Morgan fingerprint density at radius 3 is 2.50 bits per heavy atom. The van der Waals surface area contributed by atoms with E-state index in [9.17, 15) is 5.11 Å². The second-order valence-corrected chi connectivity index (χ2v) is 4.63. The monoisotopic (exact) mass is 238 g/mol. The largest absolute Gasteiger partial charge is 0.508 e. The number of nitrogens with zero attached hydrogens (tertiary/aromatic N) is 1. The van der Waals surface area contributed by atoms with E-state index in [2.05, 4.69) is 11.8 Å². The molecule has 1 unspecified atom stereocenters. The molecule has 0 saturated carbocycles. The minimum Gasteiger partial charge on any atom is -0.508 e. The highest BCUT2D eigenvalue weighted by molar-refractivity contribution is 7.80. The van der Waals surface area contributed by atoms with E-state index in [0.717, 1.165) is 18.5 Å². The molecular formula is C12H18N2OS. The molecule has 0 spiro atoms. The van der Waals surface area contributed by atoms with Crippen LogP contribution < -0.4 is 5.73 Å². The van der Waals surface area contributed by atoms with Crippen molar-refractivity contribution in [2.45, 2.75) is 25.9 Å². The maximum atomic E-state index is 9.17. The van der Waals surface area contributed by atoms with E-state index in [0.29, 0.717) is 16.8 Å². The molecule has 3 N–H and O–H groups in total. The van der Waals surface area contributed by atoms with E-state index in [1.165, 1.54) is 0 Å². The van der Waals surface area contributed by atoms with Gasteiger partial charge in [-0.25, -0.2) is 0 Å². The van der Waals surface area contributed by atoms with Crippen molar-refractivity contribution in [1.29, 1.82) is 0 Å². The van der Waals surface area contributed by atoms with Gasteiger partial charge >= 0.3 is 0 Å². The fraction of sp³-hybridized carbons (Fsp3) is 0.417. The van der Waals surface area contributed by atoms with Crippen LogP contribution in [0.25, 0.3) is 0 Å². The minimum atomic E-state index is 0.294. The molecule has 1 aromatic carbocycles. The number of aromatic hydroxyl groups is 1. The molecule has 16 heavy (non-hydrogen) atoms. The van der Waals surface area contributed by atoms with Crippen LogP contribution in [0.3, 0.4) is 0 Å². The van der Waals surface area contributed by atoms with Crippen LogP contribution in [0.1, 0.15) is 18.9 Å². The quantitative estimate of drug-likeness (QED) is 0.769. The molecule has 1 atom stereocenters. The van der Waals surface area contributed by atoms with Crippen molar-refractivity contribution in [3.05, 3.63) is 29.8 Å². The third kappa shape index (κ3) is 4.16. The summed E-state index contributed by atoms with van der Waals surface area (Å²) in [5.74, 6) is 0.294. The standard InChI is InChI=1S/C12H18N2OS/c1-9(7-12(13)16)14(2)8-10-3-5-11(15)6-4-10/h3-6,9,15H,7-8H2,1-2H3,(H2,13,16). The molecule has 0 amide bonds. The molecule has 3 nitrogen and oxygen atoms in total. The van der Waals surface area contributed by atoms with Crippen LogP contribution in [0.2, 0.25) is 0 Å². The van der Waals surface area contributed by atoms with Crippen LogP contribution in [0.5, 0.6) is 5.75 Å². The Bertz CT molecular complexity index is 351. The first kappa shape index (κ1) is 12.9. The van der Waals surface area contributed by atoms with E-state index in [4.69, 9.17) is 18.0 Å². The molecule has 0 aliphatic rings. The van der Waals surface area contributed by atoms with E-state index in [1.807, 2.05) is 19.2 Å². The molecule has 0 aliphatic carbocycles. The summed E-state index contributed by atoms with van der Waals surface area (Å²) >= 11 is 4.89. The van der Waals surface area contributed by atoms with Gasteiger partial charge < -0.3 is 10.8 Å². The molecule has 88 valence electrons. The number of nitrogens with two attached hydrogens (primary N) is 1. The van der Waals surface area contributed by atoms with Crippen LogP contribution in [0.15, 0.2) is 24.3 Å². The first-order valence-corrected chi connectivity index (χ1v) is 5.66. The van der Waals surface area contributed by atoms with Gasteiger partial charge in [0.25, 0.3) is 0 Å². The van der Waals surface area contributed by atoms with E-state index in [1.54, 1.807) is 12.1 Å². The fourth-order valence-corrected chi connectivity index (χ4v) is 1.73. The molecular weight excluding hydrogens is 220 g/mol. The van der Waals surface area contributed by atoms with Crippen molar-refractivity contribution in [2.24, 2.45) is 5.73 Å². The van der Waals surface area contributed by atoms with Gasteiger partial charge in [-0.3, -0.25) is 4.90 Å². The maximum absolute atomic E-state index is 9.17. The van der Waals surface area contributed by atoms with Gasteiger partial charge in [-0.2, -0.15) is 0 Å². The summed E-state index contributed by atoms with van der Waals surface area (Å²) in [6, 6.07) is 7.55. The summed E-state index contributed by atoms with van der Waals surface area (Å²) in [7, 11) is 2.04. The summed E-state index contributed by atoms with van der Waals surface area (Å²) < 4.78 is 0. The number of rotatable bonds is 5. The first-order valence-electron chi connectivity index (χ1n) is 5.25. The molecule has 0 heterocycles. The number of benzene rings is 1. The third-order valence-electron chi connectivity index (χ3n) is 2.62. The van der Waals surface area contributed by atoms with Gasteiger partial charge in [0, 0.05) is 19.0 Å². The van der Waals surface area contributed by atoms with E-state index in [-0.39, 0.29) is 0 Å². The molecule has 0 aromatic heterocycles. The van der Waals surface area contributed by atoms with Crippen LogP contribution in [0, 0.1) is 0 Å². The Kier molecular flexibility index (Phi) is 4.71. The zero-order valence-corrected chi connectivity index (χ0v) is 10.5. The van der Waals surface area contributed by atoms with Crippen LogP contribution >= 0.6 is 12.2 Å². The van der Waals surface area contributed by atoms with Crippen LogP contribution in [-0.4, -0.2) is 28.1 Å². The van der Waals surface area contributed by atoms with Gasteiger partial charge in [-0.05, 0) is 31.7 Å². The lowest BCUT2D eigenvalue weighted by Gasteiger charge is -2.24. The van der Waals surface area contributed by atoms with Gasteiger partial charge in [-0.1, -0.05) is 24.4 Å². The van der Waals surface area contributed by atoms with Crippen molar-refractivity contribution in [2.75, 3.05) is 7.05 Å². The van der Waals surface area contributed by atoms with Crippen molar-refractivity contribution in [3.63, 3.8) is 0 Å². The topological polar surface area (TPSA) is 49.5 Å².